The van der Waals surface area contributed by atoms with E-state index in [1.54, 1.807) is 13.8 Å². The zero-order valence-corrected chi connectivity index (χ0v) is 20.6. The lowest BCUT2D eigenvalue weighted by atomic mass is 10.0. The van der Waals surface area contributed by atoms with Crippen molar-refractivity contribution in [1.82, 2.24) is 14.5 Å². The topological polar surface area (TPSA) is 63.0 Å². The Morgan fingerprint density at radius 1 is 1.22 bits per heavy atom. The van der Waals surface area contributed by atoms with E-state index in [0.717, 1.165) is 28.4 Å². The predicted octanol–water partition coefficient (Wildman–Crippen LogP) is 4.05. The Kier molecular flexibility index (Phi) is 6.13. The summed E-state index contributed by atoms with van der Waals surface area (Å²) in [7, 11) is 1.90. The van der Waals surface area contributed by atoms with Crippen LogP contribution in [0.2, 0.25) is 0 Å². The summed E-state index contributed by atoms with van der Waals surface area (Å²) in [6.07, 6.45) is -2.91. The van der Waals surface area contributed by atoms with Crippen LogP contribution >= 0.6 is 0 Å². The molecule has 5 rings (SSSR count). The van der Waals surface area contributed by atoms with E-state index >= 15 is 0 Å². The number of piperazine rings is 1. The summed E-state index contributed by atoms with van der Waals surface area (Å²) in [6.45, 7) is 7.44. The van der Waals surface area contributed by atoms with Crippen LogP contribution in [0, 0.1) is 12.7 Å². The number of aromatic nitrogens is 2. The lowest BCUT2D eigenvalue weighted by Crippen LogP contribution is -2.58. The van der Waals surface area contributed by atoms with Gasteiger partial charge in [0.25, 0.3) is 6.43 Å². The van der Waals surface area contributed by atoms with Gasteiger partial charge in [0.1, 0.15) is 24.0 Å². The minimum Gasteiger partial charge on any atom is -0.489 e. The van der Waals surface area contributed by atoms with Crippen LogP contribution in [0.4, 0.5) is 18.9 Å². The number of hydrogen-bond acceptors (Lipinski definition) is 5. The number of ether oxygens (including phenoxy) is 1. The molecule has 3 aromatic rings. The van der Waals surface area contributed by atoms with Crippen molar-refractivity contribution >= 4 is 22.5 Å². The van der Waals surface area contributed by atoms with E-state index in [1.165, 1.54) is 12.1 Å². The molecule has 0 aliphatic carbocycles. The first-order chi connectivity index (χ1) is 17.2. The molecule has 0 spiro atoms. The highest BCUT2D eigenvalue weighted by atomic mass is 19.3. The minimum absolute atomic E-state index is 0.0326. The fourth-order valence-corrected chi connectivity index (χ4v) is 5.02. The van der Waals surface area contributed by atoms with Gasteiger partial charge >= 0.3 is 0 Å². The van der Waals surface area contributed by atoms with Crippen LogP contribution in [0.15, 0.2) is 35.3 Å². The molecule has 0 radical (unpaired) electrons. The van der Waals surface area contributed by atoms with E-state index in [1.807, 2.05) is 35.6 Å². The maximum Gasteiger partial charge on any atom is 0.266 e. The fraction of sp³-hybridized carbons (Fsp3) is 0.423. The van der Waals surface area contributed by atoms with Gasteiger partial charge in [0.05, 0.1) is 28.9 Å². The second kappa shape index (κ2) is 9.15. The van der Waals surface area contributed by atoms with E-state index in [0.29, 0.717) is 37.6 Å². The van der Waals surface area contributed by atoms with Crippen molar-refractivity contribution < 1.29 is 22.7 Å². The molecule has 2 aliphatic rings. The number of halogens is 3. The van der Waals surface area contributed by atoms with Crippen LogP contribution in [0.1, 0.15) is 43.3 Å². The van der Waals surface area contributed by atoms with Gasteiger partial charge in [-0.1, -0.05) is 18.2 Å². The molecule has 0 bridgehead atoms. The number of nitrogens with zero attached hydrogens (tertiary/aromatic N) is 5. The summed E-state index contributed by atoms with van der Waals surface area (Å²) in [5.74, 6) is 0.539. The molecule has 1 amide bonds. The summed E-state index contributed by atoms with van der Waals surface area (Å²) in [5, 5.41) is 0.748. The molecular formula is C26H28F3N5O2. The van der Waals surface area contributed by atoms with Crippen molar-refractivity contribution in [2.45, 2.75) is 39.3 Å². The van der Waals surface area contributed by atoms with Crippen LogP contribution in [-0.4, -0.2) is 52.6 Å². The monoisotopic (exact) mass is 499 g/mol. The van der Waals surface area contributed by atoms with Gasteiger partial charge in [-0.05, 0) is 19.9 Å². The molecule has 2 atom stereocenters. The third-order valence-corrected chi connectivity index (χ3v) is 7.16. The summed E-state index contributed by atoms with van der Waals surface area (Å²) in [6, 6.07) is 7.21. The SMILES string of the molecule is CC(=O)N1CCN2c3cc4/c(=N/[C@H](C)c5cccc(C(F)F)c5F)nc(C)n(C)c4cc3OC[C@H]2C1. The highest BCUT2D eigenvalue weighted by Crippen LogP contribution is 2.38. The van der Waals surface area contributed by atoms with E-state index < -0.39 is 23.8 Å². The lowest BCUT2D eigenvalue weighted by Gasteiger charge is -2.45. The average molecular weight is 500 g/mol. The molecule has 1 fully saturated rings. The molecule has 190 valence electrons. The largest absolute Gasteiger partial charge is 0.489 e. The summed E-state index contributed by atoms with van der Waals surface area (Å²) < 4.78 is 49.3. The number of anilines is 1. The molecule has 0 saturated carbocycles. The zero-order valence-electron chi connectivity index (χ0n) is 20.6. The number of carbonyl (C=O) groups excluding carboxylic acids is 1. The molecule has 36 heavy (non-hydrogen) atoms. The van der Waals surface area contributed by atoms with Crippen LogP contribution in [0.5, 0.6) is 5.75 Å². The smallest absolute Gasteiger partial charge is 0.266 e. The molecule has 7 nitrogen and oxygen atoms in total. The highest BCUT2D eigenvalue weighted by Gasteiger charge is 2.34. The molecule has 0 unspecified atom stereocenters. The Labute approximate surface area is 206 Å². The van der Waals surface area contributed by atoms with Gasteiger partial charge in [0, 0.05) is 50.6 Å². The molecule has 1 aromatic heterocycles. The lowest BCUT2D eigenvalue weighted by molar-refractivity contribution is -0.129. The number of benzene rings is 2. The van der Waals surface area contributed by atoms with E-state index in [4.69, 9.17) is 4.74 Å². The Balaban J connectivity index is 1.63. The predicted molar refractivity (Wildman–Crippen MR) is 130 cm³/mol. The summed E-state index contributed by atoms with van der Waals surface area (Å²) in [5.41, 5.74) is 1.60. The number of rotatable bonds is 3. The number of carbonyl (C=O) groups is 1. The Morgan fingerprint density at radius 3 is 2.69 bits per heavy atom. The zero-order chi connectivity index (χ0) is 25.7. The first-order valence-electron chi connectivity index (χ1n) is 11.9. The molecule has 1 saturated heterocycles. The summed E-state index contributed by atoms with van der Waals surface area (Å²) in [4.78, 5) is 25.3. The number of aryl methyl sites for hydroxylation is 2. The average Bonchev–Trinajstić information content (AvgIpc) is 2.85. The third-order valence-electron chi connectivity index (χ3n) is 7.16. The van der Waals surface area contributed by atoms with Crippen LogP contribution in [0.3, 0.4) is 0 Å². The van der Waals surface area contributed by atoms with Gasteiger partial charge in [-0.3, -0.25) is 9.79 Å². The highest BCUT2D eigenvalue weighted by molar-refractivity contribution is 5.86. The van der Waals surface area contributed by atoms with Crippen molar-refractivity contribution in [3.63, 3.8) is 0 Å². The molecule has 2 aliphatic heterocycles. The van der Waals surface area contributed by atoms with Crippen molar-refractivity contribution in [3.8, 4) is 5.75 Å². The minimum atomic E-state index is -2.91. The second-order valence-corrected chi connectivity index (χ2v) is 9.36. The quantitative estimate of drug-likeness (QED) is 0.546. The normalized spacial score (nSPS) is 18.8. The second-order valence-electron chi connectivity index (χ2n) is 9.36. The number of alkyl halides is 2. The number of hydrogen-bond donors (Lipinski definition) is 0. The Morgan fingerprint density at radius 2 is 1.97 bits per heavy atom. The maximum atomic E-state index is 14.8. The van der Waals surface area contributed by atoms with Gasteiger partial charge in [-0.25, -0.2) is 18.2 Å². The van der Waals surface area contributed by atoms with Crippen molar-refractivity contribution in [1.29, 1.82) is 0 Å². The van der Waals surface area contributed by atoms with Gasteiger partial charge in [-0.2, -0.15) is 0 Å². The van der Waals surface area contributed by atoms with Gasteiger partial charge in [0.15, 0.2) is 5.49 Å². The summed E-state index contributed by atoms with van der Waals surface area (Å²) >= 11 is 0. The van der Waals surface area contributed by atoms with Crippen LogP contribution < -0.4 is 15.1 Å². The number of fused-ring (bicyclic) bond motifs is 4. The van der Waals surface area contributed by atoms with Crippen LogP contribution in [0.25, 0.3) is 10.9 Å². The van der Waals surface area contributed by atoms with Crippen molar-refractivity contribution in [2.24, 2.45) is 12.0 Å². The van der Waals surface area contributed by atoms with Crippen molar-refractivity contribution in [2.75, 3.05) is 31.1 Å². The standard InChI is InChI=1S/C26H28F3N5O2/c1-14(18-6-5-7-19(24(18)27)25(28)29)30-26-20-10-22-23(11-21(20)32(4)15(2)31-26)36-13-17-12-33(16(3)35)8-9-34(17)22/h5-7,10-11,14,17,25H,8-9,12-13H2,1-4H3/b30-26-/t14-,17-/m1/s1. The molecule has 10 heteroatoms. The van der Waals surface area contributed by atoms with E-state index in [-0.39, 0.29) is 17.5 Å². The maximum absolute atomic E-state index is 14.8. The van der Waals surface area contributed by atoms with Gasteiger partial charge in [0.2, 0.25) is 5.91 Å². The van der Waals surface area contributed by atoms with Crippen molar-refractivity contribution in [3.05, 3.63) is 58.6 Å². The first-order valence-corrected chi connectivity index (χ1v) is 11.9. The Bertz CT molecular complexity index is 1420. The molecule has 3 heterocycles. The first kappa shape index (κ1) is 24.1. The fourth-order valence-electron chi connectivity index (χ4n) is 5.02. The van der Waals surface area contributed by atoms with E-state index in [9.17, 15) is 18.0 Å². The Hall–Kier alpha value is -3.56. The molecule has 0 N–H and O–H groups in total. The molecular weight excluding hydrogens is 471 g/mol. The van der Waals surface area contributed by atoms with E-state index in [2.05, 4.69) is 14.9 Å². The number of amides is 1. The van der Waals surface area contributed by atoms with Crippen LogP contribution in [-0.2, 0) is 11.8 Å². The van der Waals surface area contributed by atoms with Gasteiger partial charge < -0.3 is 19.1 Å². The third kappa shape index (κ3) is 4.08. The van der Waals surface area contributed by atoms with Gasteiger partial charge in [-0.15, -0.1) is 0 Å². The molecule has 2 aromatic carbocycles.